The number of carbonyl (C=O) groups is 2. The van der Waals surface area contributed by atoms with Gasteiger partial charge in [0.25, 0.3) is 0 Å². The molecular weight excluding hydrogens is 633 g/mol. The molecule has 0 radical (unpaired) electrons. The highest BCUT2D eigenvalue weighted by Crippen LogP contribution is 2.18. The zero-order valence-electron chi connectivity index (χ0n) is 36.5. The Labute approximate surface area is 329 Å². The van der Waals surface area contributed by atoms with Crippen LogP contribution in [0.15, 0.2) is 0 Å². The van der Waals surface area contributed by atoms with Crippen molar-refractivity contribution in [3.8, 4) is 0 Å². The van der Waals surface area contributed by atoms with Gasteiger partial charge < -0.3 is 0 Å². The van der Waals surface area contributed by atoms with Gasteiger partial charge in [-0.05, 0) is 19.8 Å². The number of carbonyl (C=O) groups excluding carboxylic acids is 2. The summed E-state index contributed by atoms with van der Waals surface area (Å²) in [5, 5.41) is 0. The minimum Gasteiger partial charge on any atom is -0.299 e. The summed E-state index contributed by atoms with van der Waals surface area (Å²) in [4.78, 5) is 25.2. The molecule has 0 bridgehead atoms. The zero-order valence-corrected chi connectivity index (χ0v) is 36.5. The first-order valence-corrected chi connectivity index (χ1v) is 24.7. The number of rotatable bonds is 46. The maximum atomic E-state index is 12.6. The maximum Gasteiger partial charge on any atom is 0.143 e. The molecule has 0 fully saturated rings. The van der Waals surface area contributed by atoms with Crippen molar-refractivity contribution in [2.45, 2.75) is 303 Å². The van der Waals surface area contributed by atoms with Gasteiger partial charge in [0.05, 0.1) is 5.92 Å². The number of unbranched alkanes of at least 4 members (excludes halogenated alkanes) is 40. The first kappa shape index (κ1) is 51.3. The Morgan fingerprint density at radius 3 is 0.538 bits per heavy atom. The Morgan fingerprint density at radius 1 is 0.250 bits per heavy atom. The number of hydrogen-bond donors (Lipinski definition) is 0. The highest BCUT2D eigenvalue weighted by atomic mass is 16.1. The average Bonchev–Trinajstić information content (AvgIpc) is 3.15. The quantitative estimate of drug-likeness (QED) is 0.0462. The van der Waals surface area contributed by atoms with E-state index in [-0.39, 0.29) is 17.5 Å². The Balaban J connectivity index is 3.35. The fourth-order valence-electron chi connectivity index (χ4n) is 8.07. The van der Waals surface area contributed by atoms with Crippen molar-refractivity contribution in [3.05, 3.63) is 0 Å². The smallest absolute Gasteiger partial charge is 0.143 e. The molecule has 0 unspecified atom stereocenters. The lowest BCUT2D eigenvalue weighted by atomic mass is 9.93. The summed E-state index contributed by atoms with van der Waals surface area (Å²) in [6.45, 7) is 6.45. The van der Waals surface area contributed by atoms with Gasteiger partial charge in [-0.25, -0.2) is 0 Å². The Bertz CT molecular complexity index is 640. The Hall–Kier alpha value is -0.660. The molecule has 0 heterocycles. The van der Waals surface area contributed by atoms with E-state index in [1.165, 1.54) is 244 Å². The van der Waals surface area contributed by atoms with Gasteiger partial charge in [0.1, 0.15) is 11.6 Å². The summed E-state index contributed by atoms with van der Waals surface area (Å²) in [7, 11) is 0. The lowest BCUT2D eigenvalue weighted by Gasteiger charge is -2.10. The van der Waals surface area contributed by atoms with Gasteiger partial charge >= 0.3 is 0 Å². The molecule has 2 nitrogen and oxygen atoms in total. The van der Waals surface area contributed by atoms with Crippen LogP contribution in [0.5, 0.6) is 0 Å². The first-order valence-electron chi connectivity index (χ1n) is 24.7. The summed E-state index contributed by atoms with van der Waals surface area (Å²) in [6, 6.07) is 0. The molecule has 0 amide bonds. The molecule has 52 heavy (non-hydrogen) atoms. The second-order valence-electron chi connectivity index (χ2n) is 17.3. The molecule has 0 aromatic rings. The molecule has 0 aromatic heterocycles. The van der Waals surface area contributed by atoms with Crippen LogP contribution in [-0.4, -0.2) is 11.6 Å². The van der Waals surface area contributed by atoms with Crippen LogP contribution in [0.4, 0.5) is 0 Å². The molecule has 0 spiro atoms. The summed E-state index contributed by atoms with van der Waals surface area (Å²) < 4.78 is 0. The topological polar surface area (TPSA) is 34.1 Å². The van der Waals surface area contributed by atoms with Crippen LogP contribution in [0.2, 0.25) is 0 Å². The number of ketones is 2. The number of Topliss-reactive ketones (excluding diaryl/α,β-unsaturated/α-hetero) is 2. The largest absolute Gasteiger partial charge is 0.299 e. The predicted octanol–water partition coefficient (Wildman–Crippen LogP) is 18.0. The monoisotopic (exact) mass is 731 g/mol. The molecule has 0 aliphatic carbocycles. The van der Waals surface area contributed by atoms with Gasteiger partial charge in [-0.15, -0.1) is 0 Å². The van der Waals surface area contributed by atoms with E-state index in [1.807, 2.05) is 6.92 Å². The van der Waals surface area contributed by atoms with E-state index in [1.54, 1.807) is 0 Å². The molecule has 0 aliphatic rings. The van der Waals surface area contributed by atoms with Gasteiger partial charge in [0, 0.05) is 12.8 Å². The average molecular weight is 731 g/mol. The second kappa shape index (κ2) is 44.7. The van der Waals surface area contributed by atoms with Crippen molar-refractivity contribution in [1.29, 1.82) is 0 Å². The van der Waals surface area contributed by atoms with E-state index in [4.69, 9.17) is 0 Å². The van der Waals surface area contributed by atoms with Gasteiger partial charge in [-0.1, -0.05) is 271 Å². The lowest BCUT2D eigenvalue weighted by molar-refractivity contribution is -0.132. The van der Waals surface area contributed by atoms with E-state index in [2.05, 4.69) is 13.8 Å². The van der Waals surface area contributed by atoms with Crippen molar-refractivity contribution in [2.75, 3.05) is 0 Å². The van der Waals surface area contributed by atoms with Crippen LogP contribution in [0.3, 0.4) is 0 Å². The summed E-state index contributed by atoms with van der Waals surface area (Å²) in [5.74, 6) is -0.00665. The van der Waals surface area contributed by atoms with Crippen molar-refractivity contribution >= 4 is 11.6 Å². The highest BCUT2D eigenvalue weighted by Gasteiger charge is 2.20. The van der Waals surface area contributed by atoms with Crippen molar-refractivity contribution in [2.24, 2.45) is 5.92 Å². The molecule has 0 aliphatic heterocycles. The van der Waals surface area contributed by atoms with Gasteiger partial charge in [0.2, 0.25) is 0 Å². The van der Waals surface area contributed by atoms with Gasteiger partial charge in [-0.3, -0.25) is 9.59 Å². The first-order chi connectivity index (χ1) is 25.6. The van der Waals surface area contributed by atoms with Gasteiger partial charge in [-0.2, -0.15) is 0 Å². The molecule has 2 heteroatoms. The fourth-order valence-corrected chi connectivity index (χ4v) is 8.07. The minimum atomic E-state index is -0.379. The third-order valence-corrected chi connectivity index (χ3v) is 12.0. The van der Waals surface area contributed by atoms with Crippen LogP contribution >= 0.6 is 0 Å². The van der Waals surface area contributed by atoms with Crippen LogP contribution in [0.1, 0.15) is 303 Å². The van der Waals surface area contributed by atoms with Crippen LogP contribution in [-0.2, 0) is 9.59 Å². The number of hydrogen-bond acceptors (Lipinski definition) is 2. The molecular formula is C50H98O2. The van der Waals surface area contributed by atoms with Gasteiger partial charge in [0.15, 0.2) is 0 Å². The molecule has 0 atom stereocenters. The molecule has 0 N–H and O–H groups in total. The van der Waals surface area contributed by atoms with E-state index >= 15 is 0 Å². The summed E-state index contributed by atoms with van der Waals surface area (Å²) >= 11 is 0. The molecule has 310 valence electrons. The van der Waals surface area contributed by atoms with Crippen LogP contribution in [0, 0.1) is 5.92 Å². The van der Waals surface area contributed by atoms with Crippen molar-refractivity contribution < 1.29 is 9.59 Å². The molecule has 0 aromatic carbocycles. The SMILES string of the molecule is CCCCCCCCCCCCCCCCCCCCCCCC(=O)C(C)C(=O)CCCCCCCCCCCCCCCCCCCCCCC. The van der Waals surface area contributed by atoms with E-state index in [9.17, 15) is 9.59 Å². The molecule has 0 saturated carbocycles. The Morgan fingerprint density at radius 2 is 0.385 bits per heavy atom. The fraction of sp³-hybridized carbons (Fsp3) is 0.960. The molecule has 0 rings (SSSR count). The maximum absolute atomic E-state index is 12.6. The zero-order chi connectivity index (χ0) is 37.8. The minimum absolute atomic E-state index is 0.186. The van der Waals surface area contributed by atoms with Crippen LogP contribution < -0.4 is 0 Å². The second-order valence-corrected chi connectivity index (χ2v) is 17.3. The standard InChI is InChI=1S/C50H98O2/c1-4-6-8-10-12-14-16-18-20-22-24-26-28-30-32-34-36-38-40-42-44-46-49(51)48(3)50(52)47-45-43-41-39-37-35-33-31-29-27-25-23-21-19-17-15-13-11-9-7-5-2/h48H,4-47H2,1-3H3. The van der Waals surface area contributed by atoms with E-state index in [0.717, 1.165) is 25.7 Å². The normalized spacial score (nSPS) is 11.6. The third kappa shape index (κ3) is 40.5. The summed E-state index contributed by atoms with van der Waals surface area (Å²) in [6.07, 6.45) is 59.1. The van der Waals surface area contributed by atoms with E-state index in [0.29, 0.717) is 12.8 Å². The van der Waals surface area contributed by atoms with Crippen molar-refractivity contribution in [3.63, 3.8) is 0 Å². The molecule has 0 saturated heterocycles. The highest BCUT2D eigenvalue weighted by molar-refractivity contribution is 6.01. The van der Waals surface area contributed by atoms with E-state index < -0.39 is 0 Å². The Kier molecular flexibility index (Phi) is 44.2. The summed E-state index contributed by atoms with van der Waals surface area (Å²) in [5.41, 5.74) is 0. The lowest BCUT2D eigenvalue weighted by Crippen LogP contribution is -2.20. The predicted molar refractivity (Wildman–Crippen MR) is 234 cm³/mol. The van der Waals surface area contributed by atoms with Crippen molar-refractivity contribution in [1.82, 2.24) is 0 Å². The van der Waals surface area contributed by atoms with Crippen LogP contribution in [0.25, 0.3) is 0 Å². The third-order valence-electron chi connectivity index (χ3n) is 12.0.